The first-order valence-corrected chi connectivity index (χ1v) is 12.0. The van der Waals surface area contributed by atoms with E-state index >= 15 is 0 Å². The summed E-state index contributed by atoms with van der Waals surface area (Å²) >= 11 is 0. The van der Waals surface area contributed by atoms with Gasteiger partial charge in [0.2, 0.25) is 6.54 Å². The lowest BCUT2D eigenvalue weighted by Crippen LogP contribution is -2.50. The summed E-state index contributed by atoms with van der Waals surface area (Å²) in [5.41, 5.74) is 0.974. The Kier molecular flexibility index (Phi) is 8.58. The molecule has 0 radical (unpaired) electrons. The van der Waals surface area contributed by atoms with Crippen LogP contribution in [0, 0.1) is 10.1 Å². The Bertz CT molecular complexity index is 616. The van der Waals surface area contributed by atoms with Crippen LogP contribution in [0.15, 0.2) is 30.3 Å². The molecule has 0 aliphatic heterocycles. The number of hydrogen-bond donors (Lipinski definition) is 0. The molecule has 8 heteroatoms. The number of ether oxygens (including phenoxy) is 1. The maximum absolute atomic E-state index is 12.5. The molecule has 0 unspecified atom stereocenters. The van der Waals surface area contributed by atoms with Gasteiger partial charge in [0.1, 0.15) is 6.04 Å². The van der Waals surface area contributed by atoms with Gasteiger partial charge in [-0.25, -0.2) is 0 Å². The Hall–Kier alpha value is -1.77. The first-order chi connectivity index (χ1) is 12.5. The summed E-state index contributed by atoms with van der Waals surface area (Å²) in [6, 6.07) is 8.89. The molecule has 0 spiro atoms. The van der Waals surface area contributed by atoms with E-state index in [1.165, 1.54) is 7.11 Å². The molecule has 0 N–H and O–H groups in total. The zero-order chi connectivity index (χ0) is 20.7. The average Bonchev–Trinajstić information content (AvgIpc) is 2.58. The minimum atomic E-state index is -2.08. The van der Waals surface area contributed by atoms with Gasteiger partial charge in [-0.05, 0) is 23.7 Å². The van der Waals surface area contributed by atoms with Crippen molar-refractivity contribution >= 4 is 14.3 Å². The zero-order valence-electron chi connectivity index (χ0n) is 17.2. The van der Waals surface area contributed by atoms with Crippen LogP contribution in [0.4, 0.5) is 0 Å². The van der Waals surface area contributed by atoms with E-state index < -0.39 is 20.3 Å². The lowest BCUT2D eigenvalue weighted by molar-refractivity contribution is -0.480. The van der Waals surface area contributed by atoms with Gasteiger partial charge in [0.15, 0.2) is 8.32 Å². The van der Waals surface area contributed by atoms with Gasteiger partial charge in [-0.15, -0.1) is 0 Å². The zero-order valence-corrected chi connectivity index (χ0v) is 18.2. The van der Waals surface area contributed by atoms with Crippen molar-refractivity contribution in [3.8, 4) is 0 Å². The van der Waals surface area contributed by atoms with Crippen LogP contribution in [0.2, 0.25) is 18.1 Å². The number of rotatable bonds is 10. The smallest absolute Gasteiger partial charge is 0.325 e. The van der Waals surface area contributed by atoms with Gasteiger partial charge < -0.3 is 9.16 Å². The third-order valence-corrected chi connectivity index (χ3v) is 9.62. The largest absolute Gasteiger partial charge is 0.468 e. The second-order valence-electron chi connectivity index (χ2n) is 8.12. The SMILES string of the molecule is COC(=O)[C@H](CO[Si](C)(C)C(C)(C)C)N(CC[N+](=O)[O-])Cc1ccccc1. The van der Waals surface area contributed by atoms with Crippen LogP contribution in [0.3, 0.4) is 0 Å². The number of methoxy groups -OCH3 is 1. The Morgan fingerprint density at radius 1 is 1.26 bits per heavy atom. The van der Waals surface area contributed by atoms with Crippen LogP contribution in [-0.2, 0) is 20.5 Å². The Morgan fingerprint density at radius 2 is 1.85 bits per heavy atom. The molecule has 0 aliphatic carbocycles. The number of esters is 1. The lowest BCUT2D eigenvalue weighted by atomic mass is 10.1. The predicted octanol–water partition coefficient (Wildman–Crippen LogP) is 3.33. The molecular formula is C19H32N2O5Si. The fourth-order valence-electron chi connectivity index (χ4n) is 2.34. The number of benzene rings is 1. The molecule has 0 heterocycles. The molecule has 0 fully saturated rings. The van der Waals surface area contributed by atoms with Crippen molar-refractivity contribution in [2.24, 2.45) is 0 Å². The highest BCUT2D eigenvalue weighted by Gasteiger charge is 2.39. The number of nitro groups is 1. The fourth-order valence-corrected chi connectivity index (χ4v) is 3.34. The second kappa shape index (κ2) is 9.96. The van der Waals surface area contributed by atoms with Crippen LogP contribution < -0.4 is 0 Å². The highest BCUT2D eigenvalue weighted by molar-refractivity contribution is 6.74. The van der Waals surface area contributed by atoms with E-state index in [9.17, 15) is 14.9 Å². The number of hydrogen-bond acceptors (Lipinski definition) is 6. The molecule has 7 nitrogen and oxygen atoms in total. The van der Waals surface area contributed by atoms with E-state index in [4.69, 9.17) is 9.16 Å². The van der Waals surface area contributed by atoms with Crippen molar-refractivity contribution in [1.82, 2.24) is 4.90 Å². The van der Waals surface area contributed by atoms with Crippen LogP contribution in [-0.4, -0.2) is 57.0 Å². The molecular weight excluding hydrogens is 364 g/mol. The van der Waals surface area contributed by atoms with Crippen molar-refractivity contribution < 1.29 is 18.9 Å². The molecule has 0 aromatic heterocycles. The summed E-state index contributed by atoms with van der Waals surface area (Å²) < 4.78 is 11.2. The van der Waals surface area contributed by atoms with Crippen LogP contribution >= 0.6 is 0 Å². The summed E-state index contributed by atoms with van der Waals surface area (Å²) in [7, 11) is -0.748. The minimum Gasteiger partial charge on any atom is -0.468 e. The fraction of sp³-hybridized carbons (Fsp3) is 0.632. The molecule has 0 amide bonds. The van der Waals surface area contributed by atoms with Crippen molar-refractivity contribution in [1.29, 1.82) is 0 Å². The lowest BCUT2D eigenvalue weighted by Gasteiger charge is -2.38. The minimum absolute atomic E-state index is 0.00122. The van der Waals surface area contributed by atoms with Crippen molar-refractivity contribution in [3.63, 3.8) is 0 Å². The molecule has 1 atom stereocenters. The van der Waals surface area contributed by atoms with Crippen molar-refractivity contribution in [2.45, 2.75) is 51.5 Å². The van der Waals surface area contributed by atoms with Crippen LogP contribution in [0.5, 0.6) is 0 Å². The third kappa shape index (κ3) is 7.40. The highest BCUT2D eigenvalue weighted by Crippen LogP contribution is 2.36. The predicted molar refractivity (Wildman–Crippen MR) is 108 cm³/mol. The van der Waals surface area contributed by atoms with E-state index in [0.29, 0.717) is 6.54 Å². The van der Waals surface area contributed by atoms with Crippen molar-refractivity contribution in [2.75, 3.05) is 26.8 Å². The number of carbonyl (C=O) groups excluding carboxylic acids is 1. The van der Waals surface area contributed by atoms with Gasteiger partial charge in [-0.2, -0.15) is 0 Å². The Morgan fingerprint density at radius 3 is 2.33 bits per heavy atom. The van der Waals surface area contributed by atoms with Gasteiger partial charge in [0.25, 0.3) is 0 Å². The van der Waals surface area contributed by atoms with Crippen molar-refractivity contribution in [3.05, 3.63) is 46.0 Å². The maximum atomic E-state index is 12.5. The summed E-state index contributed by atoms with van der Waals surface area (Å²) in [6.07, 6.45) is 0. The highest BCUT2D eigenvalue weighted by atomic mass is 28.4. The molecule has 27 heavy (non-hydrogen) atoms. The summed E-state index contributed by atoms with van der Waals surface area (Å²) in [4.78, 5) is 24.8. The molecule has 152 valence electrons. The van der Waals surface area contributed by atoms with Gasteiger partial charge in [0, 0.05) is 11.5 Å². The van der Waals surface area contributed by atoms with Gasteiger partial charge >= 0.3 is 5.97 Å². The standard InChI is InChI=1S/C19H32N2O5Si/c1-19(2,3)27(5,6)26-15-17(18(22)25-4)20(12-13-21(23)24)14-16-10-8-7-9-11-16/h7-11,17H,12-15H2,1-6H3/t17-/m0/s1. The molecule has 0 aliphatic rings. The summed E-state index contributed by atoms with van der Waals surface area (Å²) in [6.45, 7) is 11.1. The third-order valence-electron chi connectivity index (χ3n) is 5.12. The topological polar surface area (TPSA) is 81.9 Å². The molecule has 0 saturated heterocycles. The first-order valence-electron chi connectivity index (χ1n) is 9.09. The van der Waals surface area contributed by atoms with Gasteiger partial charge in [-0.3, -0.25) is 19.8 Å². The van der Waals surface area contributed by atoms with Crippen LogP contribution in [0.1, 0.15) is 26.3 Å². The van der Waals surface area contributed by atoms with E-state index in [2.05, 4.69) is 33.9 Å². The normalized spacial score (nSPS) is 13.4. The molecule has 0 saturated carbocycles. The van der Waals surface area contributed by atoms with Crippen LogP contribution in [0.25, 0.3) is 0 Å². The summed E-state index contributed by atoms with van der Waals surface area (Å²) in [5, 5.41) is 10.9. The monoisotopic (exact) mass is 396 g/mol. The molecule has 1 rings (SSSR count). The number of nitrogens with zero attached hydrogens (tertiary/aromatic N) is 2. The van der Waals surface area contributed by atoms with E-state index in [1.807, 2.05) is 30.3 Å². The molecule has 1 aromatic rings. The molecule has 0 bridgehead atoms. The van der Waals surface area contributed by atoms with Gasteiger partial charge in [-0.1, -0.05) is 51.1 Å². The maximum Gasteiger partial charge on any atom is 0.325 e. The summed E-state index contributed by atoms with van der Waals surface area (Å²) in [5.74, 6) is -0.437. The van der Waals surface area contributed by atoms with E-state index in [1.54, 1.807) is 4.90 Å². The van der Waals surface area contributed by atoms with E-state index in [-0.39, 0.29) is 29.7 Å². The number of carbonyl (C=O) groups is 1. The average molecular weight is 397 g/mol. The Balaban J connectivity index is 3.03. The molecule has 1 aromatic carbocycles. The quantitative estimate of drug-likeness (QED) is 0.261. The Labute approximate surface area is 162 Å². The first kappa shape index (κ1) is 23.3. The second-order valence-corrected chi connectivity index (χ2v) is 12.9. The van der Waals surface area contributed by atoms with Gasteiger partial charge in [0.05, 0.1) is 20.3 Å². The van der Waals surface area contributed by atoms with E-state index in [0.717, 1.165) is 5.56 Å².